The fraction of sp³-hybridized carbons (Fsp3) is 0.441. The Morgan fingerprint density at radius 1 is 0.725 bits per heavy atom. The van der Waals surface area contributed by atoms with Crippen LogP contribution in [0.3, 0.4) is 0 Å². The van der Waals surface area contributed by atoms with Crippen LogP contribution in [0.15, 0.2) is 71.2 Å². The van der Waals surface area contributed by atoms with Crippen LogP contribution in [0, 0.1) is 0 Å². The molecule has 0 aliphatic heterocycles. The fourth-order valence-corrected chi connectivity index (χ4v) is 5.76. The maximum atomic E-state index is 12.8. The van der Waals surface area contributed by atoms with Crippen molar-refractivity contribution in [3.8, 4) is 11.5 Å². The lowest BCUT2D eigenvalue weighted by molar-refractivity contribution is -0.114. The molecular formula is C34H48O4Si2. The molecule has 0 spiro atoms. The van der Waals surface area contributed by atoms with Gasteiger partial charge in [0, 0.05) is 12.8 Å². The number of carbonyl (C=O) groups is 1. The summed E-state index contributed by atoms with van der Waals surface area (Å²) in [6.45, 7) is 24.3. The number of hydrogen-bond acceptors (Lipinski definition) is 4. The predicted octanol–water partition coefficient (Wildman–Crippen LogP) is 9.85. The van der Waals surface area contributed by atoms with Crippen molar-refractivity contribution in [2.45, 2.75) is 97.6 Å². The van der Waals surface area contributed by atoms with Gasteiger partial charge in [0.1, 0.15) is 23.0 Å². The minimum atomic E-state index is -1.89. The summed E-state index contributed by atoms with van der Waals surface area (Å²) >= 11 is 0. The van der Waals surface area contributed by atoms with Gasteiger partial charge >= 0.3 is 0 Å². The van der Waals surface area contributed by atoms with Gasteiger partial charge in [-0.05, 0) is 102 Å². The summed E-state index contributed by atoms with van der Waals surface area (Å²) in [5, 5.41) is 0.299. The van der Waals surface area contributed by atoms with E-state index in [1.807, 2.05) is 43.3 Å². The molecule has 0 bridgehead atoms. The van der Waals surface area contributed by atoms with E-state index in [-0.39, 0.29) is 15.9 Å². The quantitative estimate of drug-likeness (QED) is 0.178. The lowest BCUT2D eigenvalue weighted by atomic mass is 10.1. The summed E-state index contributed by atoms with van der Waals surface area (Å²) in [7, 11) is -3.75. The Labute approximate surface area is 244 Å². The summed E-state index contributed by atoms with van der Waals surface area (Å²) in [5.41, 5.74) is 2.95. The first-order chi connectivity index (χ1) is 18.4. The molecule has 0 atom stereocenters. The van der Waals surface area contributed by atoms with E-state index in [0.717, 1.165) is 39.7 Å². The van der Waals surface area contributed by atoms with Crippen LogP contribution in [0.5, 0.6) is 11.5 Å². The highest BCUT2D eigenvalue weighted by atomic mass is 28.4. The molecule has 4 nitrogen and oxygen atoms in total. The van der Waals surface area contributed by atoms with Gasteiger partial charge in [-0.25, -0.2) is 0 Å². The fourth-order valence-electron chi connectivity index (χ4n) is 3.70. The zero-order chi connectivity index (χ0) is 29.9. The Morgan fingerprint density at radius 2 is 1.18 bits per heavy atom. The van der Waals surface area contributed by atoms with Gasteiger partial charge in [-0.2, -0.15) is 0 Å². The van der Waals surface area contributed by atoms with E-state index >= 15 is 0 Å². The van der Waals surface area contributed by atoms with Gasteiger partial charge in [0.2, 0.25) is 16.6 Å². The summed E-state index contributed by atoms with van der Waals surface area (Å²) in [6, 6.07) is 20.1. The molecule has 0 aliphatic carbocycles. The molecule has 0 saturated carbocycles. The third-order valence-corrected chi connectivity index (χ3v) is 17.1. The number of furan rings is 1. The van der Waals surface area contributed by atoms with E-state index in [9.17, 15) is 4.79 Å². The highest BCUT2D eigenvalue weighted by Gasteiger charge is 2.39. The first kappa shape index (κ1) is 31.7. The van der Waals surface area contributed by atoms with Crippen molar-refractivity contribution >= 4 is 28.0 Å². The van der Waals surface area contributed by atoms with Crippen molar-refractivity contribution in [1.29, 1.82) is 0 Å². The van der Waals surface area contributed by atoms with Gasteiger partial charge in [-0.15, -0.1) is 0 Å². The molecule has 0 N–H and O–H groups in total. The van der Waals surface area contributed by atoms with Crippen molar-refractivity contribution in [1.82, 2.24) is 0 Å². The summed E-state index contributed by atoms with van der Waals surface area (Å²) in [5.74, 6) is 3.43. The lowest BCUT2D eigenvalue weighted by Crippen LogP contribution is -2.43. The minimum absolute atomic E-state index is 0.0471. The molecule has 0 amide bonds. The van der Waals surface area contributed by atoms with Gasteiger partial charge in [-0.3, -0.25) is 4.79 Å². The molecule has 3 aromatic rings. The van der Waals surface area contributed by atoms with Gasteiger partial charge in [0.05, 0.1) is 0 Å². The van der Waals surface area contributed by atoms with Crippen molar-refractivity contribution in [2.75, 3.05) is 0 Å². The van der Waals surface area contributed by atoms with Gasteiger partial charge in [-0.1, -0.05) is 65.8 Å². The number of rotatable bonds is 10. The molecule has 1 aromatic heterocycles. The summed E-state index contributed by atoms with van der Waals surface area (Å²) in [4.78, 5) is 12.8. The molecule has 6 heteroatoms. The van der Waals surface area contributed by atoms with Crippen LogP contribution in [-0.2, 0) is 17.6 Å². The van der Waals surface area contributed by atoms with Crippen molar-refractivity contribution in [2.24, 2.45) is 0 Å². The Hall–Kier alpha value is -2.84. The highest BCUT2D eigenvalue weighted by molar-refractivity contribution is 6.75. The van der Waals surface area contributed by atoms with Crippen molar-refractivity contribution in [3.63, 3.8) is 0 Å². The average Bonchev–Trinajstić information content (AvgIpc) is 3.28. The van der Waals surface area contributed by atoms with Crippen LogP contribution in [0.1, 0.15) is 71.1 Å². The van der Waals surface area contributed by atoms with E-state index in [2.05, 4.69) is 92.0 Å². The third-order valence-electron chi connectivity index (χ3n) is 8.39. The van der Waals surface area contributed by atoms with Crippen molar-refractivity contribution < 1.29 is 18.1 Å². The number of ketones is 1. The van der Waals surface area contributed by atoms with Crippen LogP contribution < -0.4 is 8.85 Å². The Morgan fingerprint density at radius 3 is 1.62 bits per heavy atom. The minimum Gasteiger partial charge on any atom is -0.544 e. The van der Waals surface area contributed by atoms with Gasteiger partial charge in [0.15, 0.2) is 5.78 Å². The summed E-state index contributed by atoms with van der Waals surface area (Å²) in [6.07, 6.45) is 2.70. The maximum absolute atomic E-state index is 12.8. The second-order valence-corrected chi connectivity index (χ2v) is 23.4. The molecule has 0 saturated heterocycles. The molecule has 2 aromatic carbocycles. The normalized spacial score (nSPS) is 13.3. The molecule has 0 unspecified atom stereocenters. The molecule has 0 radical (unpaired) electrons. The van der Waals surface area contributed by atoms with Gasteiger partial charge in [0.25, 0.3) is 0 Å². The molecule has 0 fully saturated rings. The van der Waals surface area contributed by atoms with E-state index in [1.165, 1.54) is 0 Å². The largest absolute Gasteiger partial charge is 0.544 e. The van der Waals surface area contributed by atoms with E-state index in [0.29, 0.717) is 12.8 Å². The average molecular weight is 577 g/mol. The monoisotopic (exact) mass is 576 g/mol. The molecule has 3 rings (SSSR count). The number of benzene rings is 2. The SMILES string of the molecule is C/C(=C\C(=O)Cc1ccc(O[Si](C)(C)C(C)(C)C)cc1)c1ccc(Cc2ccc(O[Si](C)(C)C(C)(C)C)cc2)o1. The van der Waals surface area contributed by atoms with Crippen LogP contribution in [0.2, 0.25) is 36.3 Å². The van der Waals surface area contributed by atoms with Crippen LogP contribution in [0.25, 0.3) is 5.57 Å². The first-order valence-electron chi connectivity index (χ1n) is 14.2. The van der Waals surface area contributed by atoms with Gasteiger partial charge < -0.3 is 13.3 Å². The zero-order valence-corrected chi connectivity index (χ0v) is 28.4. The predicted molar refractivity (Wildman–Crippen MR) is 172 cm³/mol. The number of carbonyl (C=O) groups excluding carboxylic acids is 1. The van der Waals surface area contributed by atoms with E-state index in [4.69, 9.17) is 13.3 Å². The zero-order valence-electron chi connectivity index (χ0n) is 26.4. The van der Waals surface area contributed by atoms with Crippen molar-refractivity contribution in [3.05, 3.63) is 89.4 Å². The first-order valence-corrected chi connectivity index (χ1v) is 20.0. The summed E-state index contributed by atoms with van der Waals surface area (Å²) < 4.78 is 18.8. The Kier molecular flexibility index (Phi) is 9.47. The lowest BCUT2D eigenvalue weighted by Gasteiger charge is -2.36. The molecular weight excluding hydrogens is 529 g/mol. The third kappa shape index (κ3) is 8.34. The number of hydrogen-bond donors (Lipinski definition) is 0. The second-order valence-electron chi connectivity index (χ2n) is 13.9. The molecule has 1 heterocycles. The van der Waals surface area contributed by atoms with E-state index < -0.39 is 16.6 Å². The molecule has 40 heavy (non-hydrogen) atoms. The Bertz CT molecular complexity index is 1320. The highest BCUT2D eigenvalue weighted by Crippen LogP contribution is 2.38. The molecule has 0 aliphatic rings. The van der Waals surface area contributed by atoms with Crippen LogP contribution in [-0.4, -0.2) is 22.4 Å². The smallest absolute Gasteiger partial charge is 0.250 e. The standard InChI is InChI=1S/C34H48O4Si2/c1-25(22-28(35)23-26-12-16-29(17-13-26)37-39(8,9)33(2,3)4)32-21-20-31(36-32)24-27-14-18-30(19-15-27)38-40(10,11)34(5,6)7/h12-22H,23-24H2,1-11H3/b25-22+. The topological polar surface area (TPSA) is 48.7 Å². The second kappa shape index (κ2) is 12.0. The number of allylic oxidation sites excluding steroid dienone is 2. The van der Waals surface area contributed by atoms with E-state index in [1.54, 1.807) is 6.08 Å². The van der Waals surface area contributed by atoms with Crippen LogP contribution >= 0.6 is 0 Å². The molecule has 216 valence electrons. The maximum Gasteiger partial charge on any atom is 0.250 e. The van der Waals surface area contributed by atoms with Crippen LogP contribution in [0.4, 0.5) is 0 Å². The Balaban J connectivity index is 1.58.